The van der Waals surface area contributed by atoms with Crippen LogP contribution in [0, 0.1) is 0 Å². The third-order valence-corrected chi connectivity index (χ3v) is 2.45. The van der Waals surface area contributed by atoms with Crippen LogP contribution in [0.1, 0.15) is 5.56 Å². The maximum Gasteiger partial charge on any atom is 0.309 e. The monoisotopic (exact) mass is 209 g/mol. The first-order valence-corrected chi connectivity index (χ1v) is 5.03. The summed E-state index contributed by atoms with van der Waals surface area (Å²) in [6.45, 7) is 0.661. The van der Waals surface area contributed by atoms with Gasteiger partial charge in [0.2, 0.25) is 5.90 Å². The molecule has 0 N–H and O–H groups in total. The van der Waals surface area contributed by atoms with Gasteiger partial charge in [0.25, 0.3) is 0 Å². The van der Waals surface area contributed by atoms with Crippen molar-refractivity contribution in [2.24, 2.45) is 4.99 Å². The van der Waals surface area contributed by atoms with E-state index in [2.05, 4.69) is 16.5 Å². The van der Waals surface area contributed by atoms with Gasteiger partial charge in [-0.1, -0.05) is 11.8 Å². The zero-order valence-electron chi connectivity index (χ0n) is 8.56. The Morgan fingerprint density at radius 3 is 3.25 bits per heavy atom. The summed E-state index contributed by atoms with van der Waals surface area (Å²) in [5.74, 6) is 1.30. The molecule has 0 amide bonds. The summed E-state index contributed by atoms with van der Waals surface area (Å²) in [4.78, 5) is 4.03. The van der Waals surface area contributed by atoms with Crippen LogP contribution in [0.2, 0.25) is 0 Å². The first-order chi connectivity index (χ1) is 7.92. The standard InChI is InChI=1S/C12H8BNO2/c1-2-6-14-12(3-1)16-10-4-5-11-9(7-10)8-15-13-11/h3-7,13H,8H2. The molecule has 0 bridgehead atoms. The highest BCUT2D eigenvalue weighted by Crippen LogP contribution is 2.16. The Labute approximate surface area is 93.7 Å². The van der Waals surface area contributed by atoms with E-state index >= 15 is 0 Å². The average molecular weight is 209 g/mol. The van der Waals surface area contributed by atoms with E-state index in [-0.39, 0.29) is 0 Å². The van der Waals surface area contributed by atoms with Crippen molar-refractivity contribution in [2.45, 2.75) is 6.61 Å². The molecule has 0 aromatic heterocycles. The molecule has 0 atom stereocenters. The summed E-state index contributed by atoms with van der Waals surface area (Å²) in [5.41, 5.74) is 7.93. The molecule has 0 spiro atoms. The third kappa shape index (κ3) is 1.73. The van der Waals surface area contributed by atoms with Crippen molar-refractivity contribution in [2.75, 3.05) is 0 Å². The molecule has 1 aromatic carbocycles. The predicted molar refractivity (Wildman–Crippen MR) is 62.2 cm³/mol. The summed E-state index contributed by atoms with van der Waals surface area (Å²) in [6, 6.07) is 5.93. The number of fused-ring (bicyclic) bond motifs is 1. The number of nitrogens with zero attached hydrogens (tertiary/aromatic N) is 1. The van der Waals surface area contributed by atoms with Gasteiger partial charge >= 0.3 is 7.48 Å². The van der Waals surface area contributed by atoms with Gasteiger partial charge in [0, 0.05) is 0 Å². The van der Waals surface area contributed by atoms with Crippen molar-refractivity contribution in [1.82, 2.24) is 0 Å². The molecule has 2 heterocycles. The van der Waals surface area contributed by atoms with Crippen molar-refractivity contribution in [3.63, 3.8) is 0 Å². The molecule has 0 fully saturated rings. The minimum absolute atomic E-state index is 0.526. The van der Waals surface area contributed by atoms with Crippen LogP contribution < -0.4 is 10.2 Å². The van der Waals surface area contributed by atoms with Crippen molar-refractivity contribution < 1.29 is 9.39 Å². The Balaban J connectivity index is 1.83. The zero-order valence-corrected chi connectivity index (χ0v) is 8.56. The summed E-state index contributed by atoms with van der Waals surface area (Å²) in [6.07, 6.45) is 3.19. The number of ether oxygens (including phenoxy) is 1. The number of hydrogen-bond donors (Lipinski definition) is 0. The van der Waals surface area contributed by atoms with Gasteiger partial charge in [0.05, 0.1) is 18.9 Å². The lowest BCUT2D eigenvalue weighted by atomic mass is 9.87. The zero-order chi connectivity index (χ0) is 10.8. The Morgan fingerprint density at radius 2 is 2.38 bits per heavy atom. The number of benzene rings is 1. The highest BCUT2D eigenvalue weighted by atomic mass is 16.5. The maximum absolute atomic E-state index is 5.59. The molecular weight excluding hydrogens is 201 g/mol. The molecule has 0 unspecified atom stereocenters. The predicted octanol–water partition coefficient (Wildman–Crippen LogP) is 0.808. The van der Waals surface area contributed by atoms with Crippen molar-refractivity contribution in [3.05, 3.63) is 47.5 Å². The largest absolute Gasteiger partial charge is 0.438 e. The average Bonchev–Trinajstić information content (AvgIpc) is 2.77. The van der Waals surface area contributed by atoms with E-state index in [1.807, 2.05) is 18.2 Å². The minimum atomic E-state index is 0.526. The van der Waals surface area contributed by atoms with Gasteiger partial charge in [0.1, 0.15) is 5.75 Å². The molecular formula is C12H8BNO2. The van der Waals surface area contributed by atoms with E-state index in [1.165, 1.54) is 17.2 Å². The topological polar surface area (TPSA) is 30.8 Å². The van der Waals surface area contributed by atoms with E-state index in [4.69, 9.17) is 9.39 Å². The second-order valence-corrected chi connectivity index (χ2v) is 3.55. The number of rotatable bonds is 1. The van der Waals surface area contributed by atoms with E-state index in [0.29, 0.717) is 20.0 Å². The fraction of sp³-hybridized carbons (Fsp3) is 0.0833. The molecule has 2 aliphatic heterocycles. The van der Waals surface area contributed by atoms with Gasteiger partial charge in [-0.25, -0.2) is 4.99 Å². The van der Waals surface area contributed by atoms with Gasteiger partial charge in [-0.3, -0.25) is 0 Å². The molecule has 3 rings (SSSR count). The van der Waals surface area contributed by atoms with Crippen LogP contribution in [0.4, 0.5) is 0 Å². The van der Waals surface area contributed by atoms with E-state index in [0.717, 1.165) is 5.75 Å². The minimum Gasteiger partial charge on any atom is -0.438 e. The summed E-state index contributed by atoms with van der Waals surface area (Å²) in [7, 11) is 0.696. The van der Waals surface area contributed by atoms with Crippen LogP contribution in [0.25, 0.3) is 0 Å². The fourth-order valence-corrected chi connectivity index (χ4v) is 1.66. The van der Waals surface area contributed by atoms with Crippen LogP contribution in [0.15, 0.2) is 46.9 Å². The molecule has 1 aromatic rings. The fourth-order valence-electron chi connectivity index (χ4n) is 1.66. The third-order valence-electron chi connectivity index (χ3n) is 2.45. The number of aliphatic imine (C=N–C) groups is 1. The second-order valence-electron chi connectivity index (χ2n) is 3.55. The van der Waals surface area contributed by atoms with Gasteiger partial charge in [-0.05, 0) is 28.9 Å². The Hall–Kier alpha value is -1.99. The van der Waals surface area contributed by atoms with Crippen LogP contribution >= 0.6 is 0 Å². The van der Waals surface area contributed by atoms with E-state index in [1.54, 1.807) is 6.08 Å². The van der Waals surface area contributed by atoms with Crippen LogP contribution in [0.5, 0.6) is 5.75 Å². The molecule has 0 saturated carbocycles. The second kappa shape index (κ2) is 3.88. The molecule has 0 saturated heterocycles. The van der Waals surface area contributed by atoms with Crippen molar-refractivity contribution >= 4 is 18.8 Å². The molecule has 4 heteroatoms. The summed E-state index contributed by atoms with van der Waals surface area (Å²) in [5, 5.41) is 0. The molecule has 16 heavy (non-hydrogen) atoms. The van der Waals surface area contributed by atoms with E-state index < -0.39 is 0 Å². The van der Waals surface area contributed by atoms with Gasteiger partial charge in [0.15, 0.2) is 0 Å². The molecule has 3 nitrogen and oxygen atoms in total. The van der Waals surface area contributed by atoms with Gasteiger partial charge < -0.3 is 9.39 Å². The Bertz CT molecular complexity index is 564. The SMILES string of the molecule is B1OCc2cc(OC3=NC=C=C=C3)ccc21. The lowest BCUT2D eigenvalue weighted by molar-refractivity contribution is 0.345. The first kappa shape index (κ1) is 9.26. The van der Waals surface area contributed by atoms with Crippen LogP contribution in [-0.4, -0.2) is 13.4 Å². The number of hydrogen-bond acceptors (Lipinski definition) is 3. The molecule has 0 aliphatic carbocycles. The van der Waals surface area contributed by atoms with Crippen molar-refractivity contribution in [3.8, 4) is 5.75 Å². The maximum atomic E-state index is 5.59. The lowest BCUT2D eigenvalue weighted by Crippen LogP contribution is -2.12. The van der Waals surface area contributed by atoms with Crippen LogP contribution in [-0.2, 0) is 11.3 Å². The first-order valence-electron chi connectivity index (χ1n) is 5.03. The molecule has 76 valence electrons. The quantitative estimate of drug-likeness (QED) is 0.506. The van der Waals surface area contributed by atoms with Gasteiger partial charge in [-0.2, -0.15) is 0 Å². The Kier molecular flexibility index (Phi) is 2.24. The van der Waals surface area contributed by atoms with Gasteiger partial charge in [-0.15, -0.1) is 0 Å². The van der Waals surface area contributed by atoms with Crippen LogP contribution in [0.3, 0.4) is 0 Å². The summed E-state index contributed by atoms with van der Waals surface area (Å²) >= 11 is 0. The summed E-state index contributed by atoms with van der Waals surface area (Å²) < 4.78 is 10.9. The van der Waals surface area contributed by atoms with E-state index in [9.17, 15) is 0 Å². The Morgan fingerprint density at radius 1 is 1.38 bits per heavy atom. The highest BCUT2D eigenvalue weighted by Gasteiger charge is 2.13. The highest BCUT2D eigenvalue weighted by molar-refractivity contribution is 6.48. The molecule has 0 radical (unpaired) electrons. The lowest BCUT2D eigenvalue weighted by Gasteiger charge is -2.06. The molecule has 2 aliphatic rings. The normalized spacial score (nSPS) is 15.6. The van der Waals surface area contributed by atoms with Crippen molar-refractivity contribution in [1.29, 1.82) is 0 Å². The smallest absolute Gasteiger partial charge is 0.309 e.